The highest BCUT2D eigenvalue weighted by atomic mass is 16.5. The number of hydrogen-bond acceptors (Lipinski definition) is 5. The maximum absolute atomic E-state index is 13.2. The highest BCUT2D eigenvalue weighted by molar-refractivity contribution is 5.94. The van der Waals surface area contributed by atoms with Crippen LogP contribution >= 0.6 is 0 Å². The van der Waals surface area contributed by atoms with Crippen LogP contribution in [0.15, 0.2) is 10.6 Å². The normalized spacial score (nSPS) is 20.3. The van der Waals surface area contributed by atoms with Crippen molar-refractivity contribution in [2.24, 2.45) is 7.05 Å². The molecule has 152 valence electrons. The minimum Gasteiger partial charge on any atom is -0.360 e. The van der Waals surface area contributed by atoms with E-state index in [1.54, 1.807) is 0 Å². The van der Waals surface area contributed by atoms with Crippen molar-refractivity contribution in [2.75, 3.05) is 20.1 Å². The van der Waals surface area contributed by atoms with Gasteiger partial charge in [-0.15, -0.1) is 0 Å². The number of likely N-dealkylation sites (tertiary alicyclic amines) is 1. The molecule has 0 aromatic carbocycles. The number of likely N-dealkylation sites (N-methyl/N-ethyl adjacent to an activating group) is 1. The zero-order valence-corrected chi connectivity index (χ0v) is 17.3. The molecular weight excluding hydrogens is 354 g/mol. The highest BCUT2D eigenvalue weighted by Crippen LogP contribution is 2.28. The van der Waals surface area contributed by atoms with Crippen LogP contribution in [0, 0.1) is 6.92 Å². The zero-order valence-electron chi connectivity index (χ0n) is 17.3. The Morgan fingerprint density at radius 1 is 1.29 bits per heavy atom. The van der Waals surface area contributed by atoms with Crippen LogP contribution in [0.5, 0.6) is 0 Å². The van der Waals surface area contributed by atoms with Gasteiger partial charge in [0, 0.05) is 43.5 Å². The Kier molecular flexibility index (Phi) is 5.53. The third kappa shape index (κ3) is 3.85. The van der Waals surface area contributed by atoms with Crippen LogP contribution in [-0.4, -0.2) is 56.8 Å². The average Bonchev–Trinajstić information content (AvgIpc) is 3.11. The topological polar surface area (TPSA) is 67.4 Å². The molecule has 1 atom stereocenters. The van der Waals surface area contributed by atoms with Gasteiger partial charge in [-0.3, -0.25) is 14.4 Å². The molecule has 0 N–H and O–H groups in total. The Balaban J connectivity index is 1.51. The standard InChI is InChI=1S/C21H31N5O2/c1-15-12-17(28-23-15)14-24(2)16-8-9-19-18(13-16)20(22-25(19)3)21(27)26-10-6-4-5-7-11-26/h12,16H,4-11,13-14H2,1-3H3. The lowest BCUT2D eigenvalue weighted by Crippen LogP contribution is -2.37. The predicted octanol–water partition coefficient (Wildman–Crippen LogP) is 2.72. The van der Waals surface area contributed by atoms with Crippen LogP contribution in [0.3, 0.4) is 0 Å². The Morgan fingerprint density at radius 3 is 2.71 bits per heavy atom. The van der Waals surface area contributed by atoms with Crippen LogP contribution in [0.2, 0.25) is 0 Å². The summed E-state index contributed by atoms with van der Waals surface area (Å²) >= 11 is 0. The smallest absolute Gasteiger partial charge is 0.274 e. The van der Waals surface area contributed by atoms with Crippen molar-refractivity contribution >= 4 is 5.91 Å². The van der Waals surface area contributed by atoms with Crippen molar-refractivity contribution in [2.45, 2.75) is 64.5 Å². The molecule has 0 spiro atoms. The number of carbonyl (C=O) groups is 1. The van der Waals surface area contributed by atoms with Gasteiger partial charge in [-0.25, -0.2) is 0 Å². The molecule has 28 heavy (non-hydrogen) atoms. The van der Waals surface area contributed by atoms with Crippen molar-refractivity contribution in [3.05, 3.63) is 34.5 Å². The largest absolute Gasteiger partial charge is 0.360 e. The summed E-state index contributed by atoms with van der Waals surface area (Å²) in [5, 5.41) is 8.64. The summed E-state index contributed by atoms with van der Waals surface area (Å²) in [6.45, 7) is 4.39. The number of aromatic nitrogens is 3. The molecule has 1 aliphatic heterocycles. The molecule has 0 saturated carbocycles. The highest BCUT2D eigenvalue weighted by Gasteiger charge is 2.32. The first-order valence-corrected chi connectivity index (χ1v) is 10.5. The molecule has 7 heteroatoms. The third-order valence-electron chi connectivity index (χ3n) is 6.23. The Hall–Kier alpha value is -2.15. The molecule has 1 saturated heterocycles. The summed E-state index contributed by atoms with van der Waals surface area (Å²) in [4.78, 5) is 17.6. The van der Waals surface area contributed by atoms with Gasteiger partial charge in [0.25, 0.3) is 5.91 Å². The minimum absolute atomic E-state index is 0.118. The first-order chi connectivity index (χ1) is 13.5. The van der Waals surface area contributed by atoms with Gasteiger partial charge in [0.2, 0.25) is 0 Å². The summed E-state index contributed by atoms with van der Waals surface area (Å²) < 4.78 is 7.31. The quantitative estimate of drug-likeness (QED) is 0.810. The molecule has 1 fully saturated rings. The Bertz CT molecular complexity index is 832. The number of aryl methyl sites for hydroxylation is 2. The summed E-state index contributed by atoms with van der Waals surface area (Å²) in [7, 11) is 4.10. The maximum Gasteiger partial charge on any atom is 0.274 e. The fraction of sp³-hybridized carbons (Fsp3) is 0.667. The molecular formula is C21H31N5O2. The molecule has 3 heterocycles. The number of carbonyl (C=O) groups excluding carboxylic acids is 1. The molecule has 1 aliphatic carbocycles. The summed E-state index contributed by atoms with van der Waals surface area (Å²) in [5.41, 5.74) is 3.95. The molecule has 2 aromatic rings. The van der Waals surface area contributed by atoms with Crippen molar-refractivity contribution in [1.29, 1.82) is 0 Å². The second-order valence-corrected chi connectivity index (χ2v) is 8.35. The van der Waals surface area contributed by atoms with Gasteiger partial charge in [0.1, 0.15) is 0 Å². The van der Waals surface area contributed by atoms with E-state index in [4.69, 9.17) is 4.52 Å². The monoisotopic (exact) mass is 385 g/mol. The van der Waals surface area contributed by atoms with Gasteiger partial charge in [-0.2, -0.15) is 5.10 Å². The first-order valence-electron chi connectivity index (χ1n) is 10.5. The number of rotatable bonds is 4. The summed E-state index contributed by atoms with van der Waals surface area (Å²) in [6, 6.07) is 2.36. The second-order valence-electron chi connectivity index (χ2n) is 8.35. The summed E-state index contributed by atoms with van der Waals surface area (Å²) in [5.74, 6) is 1.01. The number of nitrogens with zero attached hydrogens (tertiary/aromatic N) is 5. The van der Waals surface area contributed by atoms with Crippen molar-refractivity contribution < 1.29 is 9.32 Å². The van der Waals surface area contributed by atoms with E-state index in [1.807, 2.05) is 29.6 Å². The Labute approximate surface area is 166 Å². The molecule has 2 aromatic heterocycles. The van der Waals surface area contributed by atoms with Crippen LogP contribution in [0.25, 0.3) is 0 Å². The van der Waals surface area contributed by atoms with Crippen LogP contribution in [0.1, 0.15) is 65.3 Å². The third-order valence-corrected chi connectivity index (χ3v) is 6.23. The Morgan fingerprint density at radius 2 is 2.04 bits per heavy atom. The molecule has 0 radical (unpaired) electrons. The average molecular weight is 386 g/mol. The minimum atomic E-state index is 0.118. The van der Waals surface area contributed by atoms with Gasteiger partial charge in [-0.1, -0.05) is 18.0 Å². The lowest BCUT2D eigenvalue weighted by Gasteiger charge is -2.31. The molecule has 1 unspecified atom stereocenters. The SMILES string of the molecule is Cc1cc(CN(C)C2CCc3c(c(C(=O)N4CCCCCC4)nn3C)C2)on1. The molecule has 2 aliphatic rings. The van der Waals surface area contributed by atoms with E-state index >= 15 is 0 Å². The summed E-state index contributed by atoms with van der Waals surface area (Å²) in [6.07, 6.45) is 7.52. The first kappa shape index (κ1) is 19.2. The van der Waals surface area contributed by atoms with E-state index in [9.17, 15) is 4.79 Å². The number of hydrogen-bond donors (Lipinski definition) is 0. The number of fused-ring (bicyclic) bond motifs is 1. The van der Waals surface area contributed by atoms with Crippen molar-refractivity contribution in [3.8, 4) is 0 Å². The van der Waals surface area contributed by atoms with Crippen molar-refractivity contribution in [3.63, 3.8) is 0 Å². The van der Waals surface area contributed by atoms with Crippen molar-refractivity contribution in [1.82, 2.24) is 24.7 Å². The van der Waals surface area contributed by atoms with E-state index in [2.05, 4.69) is 22.2 Å². The van der Waals surface area contributed by atoms with E-state index < -0.39 is 0 Å². The van der Waals surface area contributed by atoms with Crippen LogP contribution in [-0.2, 0) is 26.4 Å². The zero-order chi connectivity index (χ0) is 19.7. The molecule has 0 bridgehead atoms. The predicted molar refractivity (Wildman–Crippen MR) is 106 cm³/mol. The molecule has 4 rings (SSSR count). The second kappa shape index (κ2) is 8.07. The van der Waals surface area contributed by atoms with Gasteiger partial charge < -0.3 is 9.42 Å². The molecule has 1 amide bonds. The molecule has 7 nitrogen and oxygen atoms in total. The number of amides is 1. The van der Waals surface area contributed by atoms with Gasteiger partial charge in [0.05, 0.1) is 12.2 Å². The van der Waals surface area contributed by atoms with E-state index in [-0.39, 0.29) is 5.91 Å². The fourth-order valence-corrected chi connectivity index (χ4v) is 4.61. The maximum atomic E-state index is 13.2. The lowest BCUT2D eigenvalue weighted by atomic mass is 9.90. The van der Waals surface area contributed by atoms with Gasteiger partial charge in [0.15, 0.2) is 11.5 Å². The van der Waals surface area contributed by atoms with E-state index in [0.29, 0.717) is 11.7 Å². The van der Waals surface area contributed by atoms with E-state index in [1.165, 1.54) is 18.5 Å². The van der Waals surface area contributed by atoms with Crippen LogP contribution < -0.4 is 0 Å². The van der Waals surface area contributed by atoms with E-state index in [0.717, 1.165) is 68.8 Å². The van der Waals surface area contributed by atoms with Gasteiger partial charge >= 0.3 is 0 Å². The fourth-order valence-electron chi connectivity index (χ4n) is 4.61. The lowest BCUT2D eigenvalue weighted by molar-refractivity contribution is 0.0753. The van der Waals surface area contributed by atoms with Crippen LogP contribution in [0.4, 0.5) is 0 Å². The van der Waals surface area contributed by atoms with Gasteiger partial charge in [-0.05, 0) is 46.1 Å².